The smallest absolute Gasteiger partial charge is 0.316 e. The maximum absolute atomic E-state index is 12.7. The van der Waals surface area contributed by atoms with E-state index in [0.29, 0.717) is 21.6 Å². The van der Waals surface area contributed by atoms with Crippen molar-refractivity contribution < 1.29 is 4.79 Å². The Kier molecular flexibility index (Phi) is 4.80. The minimum atomic E-state index is -0.587. The molecule has 1 aliphatic rings. The highest BCUT2D eigenvalue weighted by Crippen LogP contribution is 2.33. The minimum Gasteiger partial charge on any atom is -0.370 e. The largest absolute Gasteiger partial charge is 0.370 e. The number of anilines is 2. The van der Waals surface area contributed by atoms with Crippen LogP contribution in [-0.4, -0.2) is 28.1 Å². The van der Waals surface area contributed by atoms with Gasteiger partial charge in [-0.25, -0.2) is 0 Å². The molecule has 0 bridgehead atoms. The number of aryl methyl sites for hydroxylation is 2. The number of nitrogens with one attached hydrogen (secondary N) is 1. The zero-order chi connectivity index (χ0) is 19.8. The third-order valence-electron chi connectivity index (χ3n) is 5.30. The molecule has 28 heavy (non-hydrogen) atoms. The molecule has 3 aromatic rings. The van der Waals surface area contributed by atoms with E-state index in [9.17, 15) is 14.4 Å². The Hall–Kier alpha value is -2.87. The van der Waals surface area contributed by atoms with Gasteiger partial charge in [-0.05, 0) is 42.8 Å². The summed E-state index contributed by atoms with van der Waals surface area (Å²) in [5.74, 6) is -0.178. The van der Waals surface area contributed by atoms with Gasteiger partial charge in [0.05, 0.1) is 27.3 Å². The van der Waals surface area contributed by atoms with Gasteiger partial charge in [-0.15, -0.1) is 11.3 Å². The Balaban J connectivity index is 1.90. The van der Waals surface area contributed by atoms with Crippen molar-refractivity contribution in [3.05, 3.63) is 55.2 Å². The van der Waals surface area contributed by atoms with E-state index in [1.165, 1.54) is 26.9 Å². The SMILES string of the molecule is Cn1c(=O)c(=O)n(C)c2cc(N3CCCCC3)c(NC(=O)c3cccs3)cc21. The van der Waals surface area contributed by atoms with Crippen molar-refractivity contribution in [3.63, 3.8) is 0 Å². The molecule has 0 atom stereocenters. The average molecular weight is 398 g/mol. The van der Waals surface area contributed by atoms with Crippen LogP contribution >= 0.6 is 11.3 Å². The molecule has 146 valence electrons. The number of piperidine rings is 1. The third-order valence-corrected chi connectivity index (χ3v) is 6.17. The molecule has 0 unspecified atom stereocenters. The van der Waals surface area contributed by atoms with Crippen LogP contribution in [0.15, 0.2) is 39.2 Å². The predicted molar refractivity (Wildman–Crippen MR) is 113 cm³/mol. The normalized spacial score (nSPS) is 14.4. The quantitative estimate of drug-likeness (QED) is 0.688. The van der Waals surface area contributed by atoms with Crippen LogP contribution in [0.5, 0.6) is 0 Å². The summed E-state index contributed by atoms with van der Waals surface area (Å²) in [4.78, 5) is 40.0. The second-order valence-electron chi connectivity index (χ2n) is 7.07. The second kappa shape index (κ2) is 7.27. The lowest BCUT2D eigenvalue weighted by molar-refractivity contribution is 0.103. The molecule has 7 nitrogen and oxygen atoms in total. The molecule has 0 aliphatic carbocycles. The standard InChI is InChI=1S/C20H22N4O3S/c1-22-15-11-13(21-18(25)17-7-6-10-28-17)14(24-8-4-3-5-9-24)12-16(15)23(2)20(27)19(22)26/h6-7,10-12H,3-5,8-9H2,1-2H3,(H,21,25). The molecule has 0 radical (unpaired) electrons. The monoisotopic (exact) mass is 398 g/mol. The molecule has 0 spiro atoms. The number of fused-ring (bicyclic) bond motifs is 1. The summed E-state index contributed by atoms with van der Waals surface area (Å²) in [7, 11) is 3.19. The number of nitrogens with zero attached hydrogens (tertiary/aromatic N) is 3. The van der Waals surface area contributed by atoms with Crippen LogP contribution in [0.2, 0.25) is 0 Å². The van der Waals surface area contributed by atoms with Crippen LogP contribution in [0.4, 0.5) is 11.4 Å². The Morgan fingerprint density at radius 3 is 2.25 bits per heavy atom. The van der Waals surface area contributed by atoms with Crippen LogP contribution in [0, 0.1) is 0 Å². The van der Waals surface area contributed by atoms with Crippen LogP contribution in [0.25, 0.3) is 11.0 Å². The fraction of sp³-hybridized carbons (Fsp3) is 0.350. The number of rotatable bonds is 3. The van der Waals surface area contributed by atoms with Gasteiger partial charge in [0.15, 0.2) is 0 Å². The predicted octanol–water partition coefficient (Wildman–Crippen LogP) is 2.54. The summed E-state index contributed by atoms with van der Waals surface area (Å²) in [6, 6.07) is 7.32. The van der Waals surface area contributed by atoms with Gasteiger partial charge in [0, 0.05) is 27.2 Å². The first-order chi connectivity index (χ1) is 13.5. The van der Waals surface area contributed by atoms with Crippen LogP contribution in [0.3, 0.4) is 0 Å². The fourth-order valence-electron chi connectivity index (χ4n) is 3.70. The molecule has 3 heterocycles. The lowest BCUT2D eigenvalue weighted by Crippen LogP contribution is -2.39. The molecular weight excluding hydrogens is 376 g/mol. The highest BCUT2D eigenvalue weighted by atomic mass is 32.1. The van der Waals surface area contributed by atoms with E-state index >= 15 is 0 Å². The van der Waals surface area contributed by atoms with Crippen molar-refractivity contribution in [2.75, 3.05) is 23.3 Å². The maximum Gasteiger partial charge on any atom is 0.316 e. The van der Waals surface area contributed by atoms with E-state index in [1.807, 2.05) is 17.5 Å². The summed E-state index contributed by atoms with van der Waals surface area (Å²) >= 11 is 1.38. The van der Waals surface area contributed by atoms with E-state index < -0.39 is 11.1 Å². The van der Waals surface area contributed by atoms with Crippen molar-refractivity contribution in [2.24, 2.45) is 14.1 Å². The van der Waals surface area contributed by atoms with Crippen LogP contribution in [0.1, 0.15) is 28.9 Å². The van der Waals surface area contributed by atoms with Gasteiger partial charge >= 0.3 is 11.1 Å². The lowest BCUT2D eigenvalue weighted by atomic mass is 10.1. The molecule has 2 aromatic heterocycles. The van der Waals surface area contributed by atoms with E-state index in [4.69, 9.17) is 0 Å². The van der Waals surface area contributed by atoms with Gasteiger partial charge in [-0.1, -0.05) is 6.07 Å². The van der Waals surface area contributed by atoms with Crippen LogP contribution < -0.4 is 21.3 Å². The minimum absolute atomic E-state index is 0.178. The molecule has 1 N–H and O–H groups in total. The molecule has 1 aromatic carbocycles. The number of hydrogen-bond acceptors (Lipinski definition) is 5. The summed E-state index contributed by atoms with van der Waals surface area (Å²) in [5.41, 5.74) is 1.66. The van der Waals surface area contributed by atoms with Gasteiger partial charge in [0.1, 0.15) is 0 Å². The van der Waals surface area contributed by atoms with E-state index in [2.05, 4.69) is 10.2 Å². The number of aromatic nitrogens is 2. The number of thiophene rings is 1. The Morgan fingerprint density at radius 2 is 1.64 bits per heavy atom. The fourth-order valence-corrected chi connectivity index (χ4v) is 4.32. The van der Waals surface area contributed by atoms with Gasteiger partial charge in [-0.2, -0.15) is 0 Å². The first-order valence-corrected chi connectivity index (χ1v) is 10.2. The topological polar surface area (TPSA) is 76.3 Å². The molecule has 1 saturated heterocycles. The van der Waals surface area contributed by atoms with Crippen molar-refractivity contribution in [1.29, 1.82) is 0 Å². The molecule has 4 rings (SSSR count). The van der Waals surface area contributed by atoms with E-state index in [0.717, 1.165) is 31.6 Å². The number of hydrogen-bond donors (Lipinski definition) is 1. The molecule has 1 fully saturated rings. The highest BCUT2D eigenvalue weighted by Gasteiger charge is 2.20. The van der Waals surface area contributed by atoms with Gasteiger partial charge in [0.25, 0.3) is 5.91 Å². The number of benzene rings is 1. The van der Waals surface area contributed by atoms with Crippen molar-refractivity contribution in [2.45, 2.75) is 19.3 Å². The molecule has 8 heteroatoms. The Morgan fingerprint density at radius 1 is 1.00 bits per heavy atom. The van der Waals surface area contributed by atoms with Crippen molar-refractivity contribution in [3.8, 4) is 0 Å². The van der Waals surface area contributed by atoms with Gasteiger partial charge in [0.2, 0.25) is 0 Å². The van der Waals surface area contributed by atoms with E-state index in [1.54, 1.807) is 26.2 Å². The Labute approximate surface area is 165 Å². The van der Waals surface area contributed by atoms with Gasteiger partial charge < -0.3 is 19.4 Å². The zero-order valence-corrected chi connectivity index (χ0v) is 16.7. The summed E-state index contributed by atoms with van der Waals surface area (Å²) in [5, 5.41) is 4.87. The first-order valence-electron chi connectivity index (χ1n) is 9.31. The first kappa shape index (κ1) is 18.5. The number of carbonyl (C=O) groups is 1. The van der Waals surface area contributed by atoms with E-state index in [-0.39, 0.29) is 5.91 Å². The summed E-state index contributed by atoms with van der Waals surface area (Å²) in [6.07, 6.45) is 3.36. The van der Waals surface area contributed by atoms with Gasteiger partial charge in [-0.3, -0.25) is 14.4 Å². The zero-order valence-electron chi connectivity index (χ0n) is 15.9. The highest BCUT2D eigenvalue weighted by molar-refractivity contribution is 7.12. The average Bonchev–Trinajstić information content (AvgIpc) is 3.26. The van der Waals surface area contributed by atoms with Crippen LogP contribution in [-0.2, 0) is 14.1 Å². The maximum atomic E-state index is 12.7. The second-order valence-corrected chi connectivity index (χ2v) is 8.01. The summed E-state index contributed by atoms with van der Waals surface area (Å²) in [6.45, 7) is 1.79. The lowest BCUT2D eigenvalue weighted by Gasteiger charge is -2.31. The molecule has 1 aliphatic heterocycles. The number of carbonyl (C=O) groups excluding carboxylic acids is 1. The third kappa shape index (κ3) is 3.13. The van der Waals surface area contributed by atoms with Crippen molar-refractivity contribution >= 4 is 39.7 Å². The molecule has 1 amide bonds. The molecule has 0 saturated carbocycles. The summed E-state index contributed by atoms with van der Waals surface area (Å²) < 4.78 is 2.73. The number of amides is 1. The Bertz CT molecular complexity index is 1150. The van der Waals surface area contributed by atoms with Crippen molar-refractivity contribution in [1.82, 2.24) is 9.13 Å². The molecular formula is C20H22N4O3S.